The third kappa shape index (κ3) is 2.99. The van der Waals surface area contributed by atoms with E-state index < -0.39 is 0 Å². The molecule has 2 aromatic carbocycles. The fourth-order valence-corrected chi connectivity index (χ4v) is 2.95. The Balaban J connectivity index is 1.62. The van der Waals surface area contributed by atoms with Gasteiger partial charge < -0.3 is 0 Å². The molecule has 0 unspecified atom stereocenters. The van der Waals surface area contributed by atoms with E-state index in [2.05, 4.69) is 41.3 Å². The van der Waals surface area contributed by atoms with Gasteiger partial charge >= 0.3 is 0 Å². The molecule has 0 N–H and O–H groups in total. The Bertz CT molecular complexity index is 565. The van der Waals surface area contributed by atoms with Gasteiger partial charge in [0.25, 0.3) is 0 Å². The highest BCUT2D eigenvalue weighted by molar-refractivity contribution is 6.31. The molecule has 0 aromatic heterocycles. The van der Waals surface area contributed by atoms with E-state index in [1.807, 2.05) is 12.1 Å². The van der Waals surface area contributed by atoms with E-state index in [0.717, 1.165) is 31.1 Å². The molecule has 1 nitrogen and oxygen atoms in total. The van der Waals surface area contributed by atoms with Gasteiger partial charge in [0.15, 0.2) is 0 Å². The first-order valence-corrected chi connectivity index (χ1v) is 7.23. The lowest BCUT2D eigenvalue weighted by atomic mass is 9.99. The molecular weight excluding hydrogens is 254 g/mol. The predicted octanol–water partition coefficient (Wildman–Crippen LogP) is 3.94. The van der Waals surface area contributed by atoms with Crippen LogP contribution in [0.2, 0.25) is 5.02 Å². The van der Waals surface area contributed by atoms with Gasteiger partial charge in [-0.25, -0.2) is 0 Å². The maximum atomic E-state index is 6.20. The summed E-state index contributed by atoms with van der Waals surface area (Å²) >= 11 is 6.20. The van der Waals surface area contributed by atoms with Gasteiger partial charge in [-0.15, -0.1) is 0 Å². The maximum absolute atomic E-state index is 6.20. The summed E-state index contributed by atoms with van der Waals surface area (Å²) in [5.74, 6) is 0. The molecule has 1 aliphatic heterocycles. The Kier molecular flexibility index (Phi) is 3.86. The highest BCUT2D eigenvalue weighted by atomic mass is 35.5. The Morgan fingerprint density at radius 3 is 2.53 bits per heavy atom. The Morgan fingerprint density at radius 2 is 1.68 bits per heavy atom. The normalized spacial score (nSPS) is 15.2. The number of halogens is 1. The van der Waals surface area contributed by atoms with E-state index >= 15 is 0 Å². The number of benzene rings is 2. The van der Waals surface area contributed by atoms with E-state index in [4.69, 9.17) is 11.6 Å². The molecule has 0 spiro atoms. The molecular formula is C17H18ClN. The second kappa shape index (κ2) is 5.77. The molecule has 0 radical (unpaired) electrons. The molecule has 1 heterocycles. The van der Waals surface area contributed by atoms with Crippen LogP contribution in [-0.4, -0.2) is 18.0 Å². The lowest BCUT2D eigenvalue weighted by Gasteiger charge is -2.28. The van der Waals surface area contributed by atoms with Crippen molar-refractivity contribution in [1.29, 1.82) is 0 Å². The van der Waals surface area contributed by atoms with Gasteiger partial charge in [0.1, 0.15) is 0 Å². The zero-order valence-electron chi connectivity index (χ0n) is 11.0. The number of fused-ring (bicyclic) bond motifs is 1. The van der Waals surface area contributed by atoms with Crippen LogP contribution in [-0.2, 0) is 19.4 Å². The first-order chi connectivity index (χ1) is 9.33. The summed E-state index contributed by atoms with van der Waals surface area (Å²) in [6.45, 7) is 3.31. The van der Waals surface area contributed by atoms with Gasteiger partial charge in [-0.3, -0.25) is 4.90 Å². The Labute approximate surface area is 119 Å². The van der Waals surface area contributed by atoms with Crippen LogP contribution in [0.15, 0.2) is 48.5 Å². The molecule has 98 valence electrons. The minimum atomic E-state index is 0.889. The standard InChI is InChI=1S/C17H18ClN/c18-17-8-4-3-6-15(17)10-12-19-11-9-14-5-1-2-7-16(14)13-19/h1-8H,9-13H2. The average Bonchev–Trinajstić information content (AvgIpc) is 2.46. The molecule has 2 aromatic rings. The lowest BCUT2D eigenvalue weighted by molar-refractivity contribution is 0.257. The predicted molar refractivity (Wildman–Crippen MR) is 80.6 cm³/mol. The molecule has 0 bridgehead atoms. The van der Waals surface area contributed by atoms with Crippen molar-refractivity contribution in [3.63, 3.8) is 0 Å². The summed E-state index contributed by atoms with van der Waals surface area (Å²) in [7, 11) is 0. The van der Waals surface area contributed by atoms with E-state index in [1.54, 1.807) is 0 Å². The van der Waals surface area contributed by atoms with Gasteiger partial charge in [0, 0.05) is 24.7 Å². The number of rotatable bonds is 3. The molecule has 19 heavy (non-hydrogen) atoms. The van der Waals surface area contributed by atoms with Crippen LogP contribution in [0.25, 0.3) is 0 Å². The summed E-state index contributed by atoms with van der Waals surface area (Å²) in [5.41, 5.74) is 4.24. The van der Waals surface area contributed by atoms with Crippen LogP contribution in [0.5, 0.6) is 0 Å². The molecule has 3 rings (SSSR count). The van der Waals surface area contributed by atoms with Crippen LogP contribution >= 0.6 is 11.6 Å². The Hall–Kier alpha value is -1.31. The first-order valence-electron chi connectivity index (χ1n) is 6.85. The van der Waals surface area contributed by atoms with Crippen molar-refractivity contribution in [1.82, 2.24) is 4.90 Å². The SMILES string of the molecule is Clc1ccccc1CCN1CCc2ccccc2C1. The van der Waals surface area contributed by atoms with Gasteiger partial charge in [-0.2, -0.15) is 0 Å². The summed E-state index contributed by atoms with van der Waals surface area (Å²) in [5, 5.41) is 0.889. The van der Waals surface area contributed by atoms with Crippen molar-refractivity contribution >= 4 is 11.6 Å². The fraction of sp³-hybridized carbons (Fsp3) is 0.294. The average molecular weight is 272 g/mol. The van der Waals surface area contributed by atoms with Crippen molar-refractivity contribution < 1.29 is 0 Å². The molecule has 0 atom stereocenters. The summed E-state index contributed by atoms with van der Waals surface area (Å²) < 4.78 is 0. The third-order valence-electron chi connectivity index (χ3n) is 3.86. The van der Waals surface area contributed by atoms with E-state index in [0.29, 0.717) is 0 Å². The molecule has 0 aliphatic carbocycles. The lowest BCUT2D eigenvalue weighted by Crippen LogP contribution is -2.32. The smallest absolute Gasteiger partial charge is 0.0438 e. The monoisotopic (exact) mass is 271 g/mol. The summed E-state index contributed by atoms with van der Waals surface area (Å²) in [4.78, 5) is 2.52. The Morgan fingerprint density at radius 1 is 0.947 bits per heavy atom. The topological polar surface area (TPSA) is 3.24 Å². The van der Waals surface area contributed by atoms with Gasteiger partial charge in [0.05, 0.1) is 0 Å². The molecule has 0 saturated carbocycles. The molecule has 2 heteroatoms. The van der Waals surface area contributed by atoms with E-state index in [9.17, 15) is 0 Å². The van der Waals surface area contributed by atoms with Crippen LogP contribution in [0.4, 0.5) is 0 Å². The number of hydrogen-bond donors (Lipinski definition) is 0. The van der Waals surface area contributed by atoms with Crippen molar-refractivity contribution in [3.05, 3.63) is 70.2 Å². The summed E-state index contributed by atoms with van der Waals surface area (Å²) in [6, 6.07) is 16.9. The fourth-order valence-electron chi connectivity index (χ4n) is 2.72. The highest BCUT2D eigenvalue weighted by Crippen LogP contribution is 2.20. The molecule has 0 saturated heterocycles. The van der Waals surface area contributed by atoms with Crippen LogP contribution in [0, 0.1) is 0 Å². The third-order valence-corrected chi connectivity index (χ3v) is 4.23. The number of hydrogen-bond acceptors (Lipinski definition) is 1. The van der Waals surface area contributed by atoms with E-state index in [-0.39, 0.29) is 0 Å². The van der Waals surface area contributed by atoms with Crippen molar-refractivity contribution in [2.75, 3.05) is 13.1 Å². The first kappa shape index (κ1) is 12.7. The maximum Gasteiger partial charge on any atom is 0.0438 e. The van der Waals surface area contributed by atoms with E-state index in [1.165, 1.54) is 23.1 Å². The molecule has 0 fully saturated rings. The van der Waals surface area contributed by atoms with Crippen molar-refractivity contribution in [3.8, 4) is 0 Å². The van der Waals surface area contributed by atoms with Crippen LogP contribution < -0.4 is 0 Å². The molecule has 1 aliphatic rings. The van der Waals surface area contributed by atoms with Gasteiger partial charge in [-0.1, -0.05) is 54.1 Å². The minimum Gasteiger partial charge on any atom is -0.298 e. The summed E-state index contributed by atoms with van der Waals surface area (Å²) in [6.07, 6.45) is 2.19. The minimum absolute atomic E-state index is 0.889. The zero-order chi connectivity index (χ0) is 13.1. The highest BCUT2D eigenvalue weighted by Gasteiger charge is 2.15. The second-order valence-corrected chi connectivity index (χ2v) is 5.54. The van der Waals surface area contributed by atoms with Gasteiger partial charge in [0.2, 0.25) is 0 Å². The molecule has 0 amide bonds. The van der Waals surface area contributed by atoms with Crippen LogP contribution in [0.3, 0.4) is 0 Å². The largest absolute Gasteiger partial charge is 0.298 e. The zero-order valence-corrected chi connectivity index (χ0v) is 11.7. The van der Waals surface area contributed by atoms with Crippen molar-refractivity contribution in [2.45, 2.75) is 19.4 Å². The van der Waals surface area contributed by atoms with Crippen LogP contribution in [0.1, 0.15) is 16.7 Å². The second-order valence-electron chi connectivity index (χ2n) is 5.14. The van der Waals surface area contributed by atoms with Gasteiger partial charge in [-0.05, 0) is 35.6 Å². The van der Waals surface area contributed by atoms with Crippen molar-refractivity contribution in [2.24, 2.45) is 0 Å². The quantitative estimate of drug-likeness (QED) is 0.817. The number of nitrogens with zero attached hydrogens (tertiary/aromatic N) is 1.